The van der Waals surface area contributed by atoms with Gasteiger partial charge in [-0.15, -0.1) is 0 Å². The van der Waals surface area contributed by atoms with Crippen LogP contribution in [0.1, 0.15) is 0 Å². The summed E-state index contributed by atoms with van der Waals surface area (Å²) in [4.78, 5) is 10.4. The third kappa shape index (κ3) is 2.18. The van der Waals surface area contributed by atoms with Gasteiger partial charge in [0.2, 0.25) is 5.52 Å². The lowest BCUT2D eigenvalue weighted by atomic mass is 10.2. The highest BCUT2D eigenvalue weighted by Gasteiger charge is 2.20. The highest BCUT2D eigenvalue weighted by molar-refractivity contribution is 14.1. The van der Waals surface area contributed by atoms with E-state index in [2.05, 4.69) is 37.5 Å². The van der Waals surface area contributed by atoms with Gasteiger partial charge in [-0.2, -0.15) is 0 Å². The molecule has 0 saturated heterocycles. The Morgan fingerprint density at radius 3 is 2.60 bits per heavy atom. The molecule has 20 heavy (non-hydrogen) atoms. The van der Waals surface area contributed by atoms with Crippen molar-refractivity contribution in [2.75, 3.05) is 0 Å². The number of fused-ring (bicyclic) bond motifs is 1. The van der Waals surface area contributed by atoms with Crippen LogP contribution in [0.4, 0.5) is 5.69 Å². The topological polar surface area (TPSA) is 91.3 Å². The molecule has 0 bridgehead atoms. The Bertz CT molecular complexity index is 802. The average molecular weight is 383 g/mol. The van der Waals surface area contributed by atoms with Crippen molar-refractivity contribution in [3.8, 4) is 11.5 Å². The molecule has 0 spiro atoms. The molecule has 1 heterocycles. The molecule has 0 N–H and O–H groups in total. The molecule has 0 saturated carbocycles. The smallest absolute Gasteiger partial charge is 0.301 e. The number of nitrogens with zero attached hydrogens (tertiary/aromatic N) is 3. The standard InChI is InChI=1S/C12H6IN3O4/c13-7-3-1-2-4-9(7)19-10-6-5-8(16(17)18)11-12(10)15-20-14-11/h1-6H. The Kier molecular flexibility index (Phi) is 3.22. The zero-order valence-electron chi connectivity index (χ0n) is 9.82. The SMILES string of the molecule is O=[N+]([O-])c1ccc(Oc2ccccc2I)c2nonc12. The molecule has 1 aromatic heterocycles. The van der Waals surface area contributed by atoms with Crippen molar-refractivity contribution >= 4 is 39.3 Å². The second-order valence-electron chi connectivity index (χ2n) is 3.83. The molecule has 8 heteroatoms. The van der Waals surface area contributed by atoms with Crippen LogP contribution >= 0.6 is 22.6 Å². The summed E-state index contributed by atoms with van der Waals surface area (Å²) in [6, 6.07) is 10.2. The van der Waals surface area contributed by atoms with Crippen LogP contribution in [-0.4, -0.2) is 15.2 Å². The van der Waals surface area contributed by atoms with E-state index in [1.165, 1.54) is 12.1 Å². The Morgan fingerprint density at radius 1 is 1.10 bits per heavy atom. The summed E-state index contributed by atoms with van der Waals surface area (Å²) in [5.74, 6) is 0.988. The van der Waals surface area contributed by atoms with Crippen LogP contribution in [-0.2, 0) is 0 Å². The van der Waals surface area contributed by atoms with E-state index in [1.807, 2.05) is 18.2 Å². The van der Waals surface area contributed by atoms with Gasteiger partial charge in [-0.25, -0.2) is 4.63 Å². The van der Waals surface area contributed by atoms with Gasteiger partial charge in [-0.05, 0) is 51.1 Å². The van der Waals surface area contributed by atoms with Crippen LogP contribution in [0.15, 0.2) is 41.0 Å². The fourth-order valence-electron chi connectivity index (χ4n) is 1.71. The lowest BCUT2D eigenvalue weighted by molar-refractivity contribution is -0.383. The van der Waals surface area contributed by atoms with Gasteiger partial charge in [0, 0.05) is 6.07 Å². The number of aromatic nitrogens is 2. The fourth-order valence-corrected chi connectivity index (χ4v) is 2.20. The molecule has 0 aliphatic carbocycles. The van der Waals surface area contributed by atoms with Crippen molar-refractivity contribution in [2.24, 2.45) is 0 Å². The molecule has 0 fully saturated rings. The van der Waals surface area contributed by atoms with Crippen LogP contribution in [0.3, 0.4) is 0 Å². The van der Waals surface area contributed by atoms with Gasteiger partial charge in [0.05, 0.1) is 8.49 Å². The molecule has 3 rings (SSSR count). The minimum atomic E-state index is -0.539. The second-order valence-corrected chi connectivity index (χ2v) is 5.00. The van der Waals surface area contributed by atoms with E-state index < -0.39 is 4.92 Å². The number of nitro groups is 1. The zero-order chi connectivity index (χ0) is 14.1. The molecule has 7 nitrogen and oxygen atoms in total. The number of nitro benzene ring substituents is 1. The van der Waals surface area contributed by atoms with Crippen LogP contribution in [0.25, 0.3) is 11.0 Å². The average Bonchev–Trinajstić information content (AvgIpc) is 2.90. The maximum absolute atomic E-state index is 10.9. The molecule has 0 amide bonds. The van der Waals surface area contributed by atoms with Gasteiger partial charge in [0.25, 0.3) is 0 Å². The third-order valence-electron chi connectivity index (χ3n) is 2.61. The summed E-state index contributed by atoms with van der Waals surface area (Å²) in [5, 5.41) is 18.1. The predicted molar refractivity (Wildman–Crippen MR) is 77.7 cm³/mol. The number of ether oxygens (including phenoxy) is 1. The summed E-state index contributed by atoms with van der Waals surface area (Å²) in [7, 11) is 0. The van der Waals surface area contributed by atoms with Gasteiger partial charge in [-0.3, -0.25) is 10.1 Å². The normalized spacial score (nSPS) is 10.7. The van der Waals surface area contributed by atoms with Crippen molar-refractivity contribution < 1.29 is 14.3 Å². The molecule has 0 atom stereocenters. The maximum Gasteiger partial charge on any atom is 0.301 e. The van der Waals surface area contributed by atoms with Crippen molar-refractivity contribution in [2.45, 2.75) is 0 Å². The zero-order valence-corrected chi connectivity index (χ0v) is 12.0. The first-order valence-corrected chi connectivity index (χ1v) is 6.57. The molecule has 0 unspecified atom stereocenters. The van der Waals surface area contributed by atoms with Crippen LogP contribution in [0, 0.1) is 13.7 Å². The molecule has 0 radical (unpaired) electrons. The van der Waals surface area contributed by atoms with Crippen molar-refractivity contribution in [3.05, 3.63) is 50.1 Å². The van der Waals surface area contributed by atoms with Crippen LogP contribution in [0.5, 0.6) is 11.5 Å². The van der Waals surface area contributed by atoms with E-state index in [4.69, 9.17) is 4.74 Å². The number of hydrogen-bond donors (Lipinski definition) is 0. The molecule has 3 aromatic rings. The van der Waals surface area contributed by atoms with Crippen molar-refractivity contribution in [1.29, 1.82) is 0 Å². The Hall–Kier alpha value is -2.23. The van der Waals surface area contributed by atoms with Crippen LogP contribution in [0.2, 0.25) is 0 Å². The summed E-state index contributed by atoms with van der Waals surface area (Å²) in [6.07, 6.45) is 0. The van der Waals surface area contributed by atoms with Gasteiger partial charge < -0.3 is 4.74 Å². The van der Waals surface area contributed by atoms with Crippen molar-refractivity contribution in [3.63, 3.8) is 0 Å². The monoisotopic (exact) mass is 383 g/mol. The van der Waals surface area contributed by atoms with E-state index in [-0.39, 0.29) is 16.7 Å². The highest BCUT2D eigenvalue weighted by Crippen LogP contribution is 2.34. The minimum Gasteiger partial charge on any atom is -0.454 e. The van der Waals surface area contributed by atoms with E-state index in [1.54, 1.807) is 6.07 Å². The molecular formula is C12H6IN3O4. The summed E-state index contributed by atoms with van der Waals surface area (Å²) in [6.45, 7) is 0. The summed E-state index contributed by atoms with van der Waals surface area (Å²) < 4.78 is 11.2. The number of benzene rings is 2. The van der Waals surface area contributed by atoms with E-state index in [0.717, 1.165) is 3.57 Å². The molecule has 100 valence electrons. The number of rotatable bonds is 3. The first kappa shape index (κ1) is 12.8. The second kappa shape index (κ2) is 5.04. The molecule has 0 aliphatic rings. The summed E-state index contributed by atoms with van der Waals surface area (Å²) >= 11 is 2.13. The van der Waals surface area contributed by atoms with E-state index >= 15 is 0 Å². The lowest BCUT2D eigenvalue weighted by Gasteiger charge is -2.07. The van der Waals surface area contributed by atoms with Gasteiger partial charge in [-0.1, -0.05) is 12.1 Å². The molecular weight excluding hydrogens is 377 g/mol. The van der Waals surface area contributed by atoms with Gasteiger partial charge in [0.15, 0.2) is 11.3 Å². The number of non-ortho nitro benzene ring substituents is 1. The summed E-state index contributed by atoms with van der Waals surface area (Å²) in [5.41, 5.74) is 0.119. The molecule has 0 aliphatic heterocycles. The Morgan fingerprint density at radius 2 is 1.85 bits per heavy atom. The highest BCUT2D eigenvalue weighted by atomic mass is 127. The fraction of sp³-hybridized carbons (Fsp3) is 0. The van der Waals surface area contributed by atoms with Crippen LogP contribution < -0.4 is 4.74 Å². The van der Waals surface area contributed by atoms with Gasteiger partial charge >= 0.3 is 5.69 Å². The minimum absolute atomic E-state index is 0.0680. The number of para-hydroxylation sites is 1. The molecule has 2 aromatic carbocycles. The number of halogens is 1. The third-order valence-corrected chi connectivity index (χ3v) is 3.50. The first-order valence-electron chi connectivity index (χ1n) is 5.49. The van der Waals surface area contributed by atoms with Gasteiger partial charge in [0.1, 0.15) is 5.75 Å². The lowest BCUT2D eigenvalue weighted by Crippen LogP contribution is -1.92. The Balaban J connectivity index is 2.10. The van der Waals surface area contributed by atoms with Crippen molar-refractivity contribution in [1.82, 2.24) is 10.3 Å². The predicted octanol–water partition coefficient (Wildman–Crippen LogP) is 3.53. The number of hydrogen-bond acceptors (Lipinski definition) is 6. The van der Waals surface area contributed by atoms with E-state index in [0.29, 0.717) is 11.5 Å². The Labute approximate surface area is 125 Å². The first-order chi connectivity index (χ1) is 9.66. The largest absolute Gasteiger partial charge is 0.454 e. The van der Waals surface area contributed by atoms with E-state index in [9.17, 15) is 10.1 Å². The quantitative estimate of drug-likeness (QED) is 0.391. The maximum atomic E-state index is 10.9.